The molecule has 1 fully saturated rings. The van der Waals surface area contributed by atoms with Gasteiger partial charge >= 0.3 is 0 Å². The van der Waals surface area contributed by atoms with E-state index in [2.05, 4.69) is 15.0 Å². The Balaban J connectivity index is 1.58. The topological polar surface area (TPSA) is 59.0 Å². The second kappa shape index (κ2) is 6.22. The van der Waals surface area contributed by atoms with Crippen molar-refractivity contribution >= 4 is 28.5 Å². The third kappa shape index (κ3) is 3.04. The van der Waals surface area contributed by atoms with E-state index in [0.717, 1.165) is 54.5 Å². The van der Waals surface area contributed by atoms with E-state index in [1.165, 1.54) is 0 Å². The molecule has 1 atom stereocenters. The van der Waals surface area contributed by atoms with Crippen LogP contribution in [0.1, 0.15) is 6.42 Å². The molecule has 1 saturated heterocycles. The van der Waals surface area contributed by atoms with Crippen molar-refractivity contribution in [2.45, 2.75) is 19.1 Å². The van der Waals surface area contributed by atoms with Crippen molar-refractivity contribution in [1.29, 1.82) is 0 Å². The van der Waals surface area contributed by atoms with Crippen LogP contribution in [0.5, 0.6) is 0 Å². The van der Waals surface area contributed by atoms with Gasteiger partial charge in [-0.2, -0.15) is 5.10 Å². The summed E-state index contributed by atoms with van der Waals surface area (Å²) >= 11 is 6.38. The van der Waals surface area contributed by atoms with Crippen molar-refractivity contribution in [1.82, 2.24) is 19.7 Å². The molecule has 0 saturated carbocycles. The lowest BCUT2D eigenvalue weighted by Gasteiger charge is -2.25. The van der Waals surface area contributed by atoms with Gasteiger partial charge in [-0.1, -0.05) is 11.6 Å². The molecule has 0 aliphatic carbocycles. The number of halogens is 1. The number of nitrogens with zero attached hydrogens (tertiary/aromatic N) is 4. The molecule has 0 radical (unpaired) electrons. The van der Waals surface area contributed by atoms with Crippen molar-refractivity contribution < 1.29 is 4.74 Å². The summed E-state index contributed by atoms with van der Waals surface area (Å²) < 4.78 is 7.87. The second-order valence-electron chi connectivity index (χ2n) is 5.72. The molecule has 7 heteroatoms. The molecule has 23 heavy (non-hydrogen) atoms. The molecule has 0 aromatic carbocycles. The summed E-state index contributed by atoms with van der Waals surface area (Å²) in [6.07, 6.45) is 6.65. The molecule has 0 amide bonds. The largest absolute Gasteiger partial charge is 0.374 e. The zero-order valence-electron chi connectivity index (χ0n) is 12.7. The standard InChI is InChI=1S/C16H18ClN5O/c17-14-9-15(20-16-13(14)3-5-18-16)21-6-2-8-23-12(10-21)11-22-7-1-4-19-22/h1,3-5,7,9,12H,2,6,8,10-11H2,(H,18,20)/t12-/m0/s1. The first-order chi connectivity index (χ1) is 11.3. The molecule has 4 heterocycles. The highest BCUT2D eigenvalue weighted by Gasteiger charge is 2.21. The van der Waals surface area contributed by atoms with Gasteiger partial charge in [-0.3, -0.25) is 4.68 Å². The van der Waals surface area contributed by atoms with Gasteiger partial charge in [-0.25, -0.2) is 4.98 Å². The maximum Gasteiger partial charge on any atom is 0.141 e. The molecule has 0 unspecified atom stereocenters. The number of anilines is 1. The first kappa shape index (κ1) is 14.5. The molecule has 6 nitrogen and oxygen atoms in total. The number of rotatable bonds is 3. The minimum Gasteiger partial charge on any atom is -0.374 e. The first-order valence-corrected chi connectivity index (χ1v) is 8.15. The van der Waals surface area contributed by atoms with E-state index in [1.807, 2.05) is 35.3 Å². The summed E-state index contributed by atoms with van der Waals surface area (Å²) in [4.78, 5) is 10.1. The van der Waals surface area contributed by atoms with Gasteiger partial charge < -0.3 is 14.6 Å². The highest BCUT2D eigenvalue weighted by atomic mass is 35.5. The average molecular weight is 332 g/mol. The molecule has 1 aliphatic heterocycles. The zero-order valence-corrected chi connectivity index (χ0v) is 13.4. The summed E-state index contributed by atoms with van der Waals surface area (Å²) in [6, 6.07) is 5.81. The van der Waals surface area contributed by atoms with Gasteiger partial charge in [0.1, 0.15) is 11.5 Å². The fourth-order valence-corrected chi connectivity index (χ4v) is 3.23. The molecule has 1 N–H and O–H groups in total. The molecule has 3 aromatic rings. The van der Waals surface area contributed by atoms with Crippen LogP contribution in [0.2, 0.25) is 5.02 Å². The fraction of sp³-hybridized carbons (Fsp3) is 0.375. The summed E-state index contributed by atoms with van der Waals surface area (Å²) in [6.45, 7) is 3.17. The van der Waals surface area contributed by atoms with Crippen LogP contribution in [-0.2, 0) is 11.3 Å². The maximum atomic E-state index is 6.38. The average Bonchev–Trinajstić information content (AvgIpc) is 3.16. The van der Waals surface area contributed by atoms with Gasteiger partial charge in [0.05, 0.1) is 17.7 Å². The number of hydrogen-bond donors (Lipinski definition) is 1. The van der Waals surface area contributed by atoms with Crippen LogP contribution in [0, 0.1) is 0 Å². The van der Waals surface area contributed by atoms with E-state index < -0.39 is 0 Å². The number of fused-ring (bicyclic) bond motifs is 1. The van der Waals surface area contributed by atoms with Crippen molar-refractivity contribution in [3.8, 4) is 0 Å². The first-order valence-electron chi connectivity index (χ1n) is 7.77. The molecule has 0 bridgehead atoms. The number of hydrogen-bond acceptors (Lipinski definition) is 4. The number of aromatic nitrogens is 4. The number of nitrogens with one attached hydrogen (secondary N) is 1. The Morgan fingerprint density at radius 2 is 2.39 bits per heavy atom. The Morgan fingerprint density at radius 3 is 3.26 bits per heavy atom. The van der Waals surface area contributed by atoms with Gasteiger partial charge in [0.15, 0.2) is 0 Å². The van der Waals surface area contributed by atoms with E-state index in [-0.39, 0.29) is 6.10 Å². The molecular weight excluding hydrogens is 314 g/mol. The number of aromatic amines is 1. The Morgan fingerprint density at radius 1 is 1.43 bits per heavy atom. The zero-order chi connectivity index (χ0) is 15.6. The molecule has 3 aromatic heterocycles. The molecule has 1 aliphatic rings. The van der Waals surface area contributed by atoms with E-state index in [9.17, 15) is 0 Å². The molecule has 120 valence electrons. The maximum absolute atomic E-state index is 6.38. The van der Waals surface area contributed by atoms with Crippen LogP contribution >= 0.6 is 11.6 Å². The molecule has 4 rings (SSSR count). The number of H-pyrrole nitrogens is 1. The smallest absolute Gasteiger partial charge is 0.141 e. The summed E-state index contributed by atoms with van der Waals surface area (Å²) in [7, 11) is 0. The third-order valence-corrected chi connectivity index (χ3v) is 4.40. The lowest BCUT2D eigenvalue weighted by molar-refractivity contribution is 0.0543. The van der Waals surface area contributed by atoms with E-state index in [1.54, 1.807) is 6.20 Å². The Hall–Kier alpha value is -2.05. The van der Waals surface area contributed by atoms with Crippen molar-refractivity contribution in [3.05, 3.63) is 41.8 Å². The van der Waals surface area contributed by atoms with Gasteiger partial charge in [0.2, 0.25) is 0 Å². The lowest BCUT2D eigenvalue weighted by atomic mass is 10.3. The Kier molecular flexibility index (Phi) is 3.93. The van der Waals surface area contributed by atoms with Crippen LogP contribution < -0.4 is 4.90 Å². The van der Waals surface area contributed by atoms with Crippen molar-refractivity contribution in [2.75, 3.05) is 24.6 Å². The minimum atomic E-state index is 0.0808. The van der Waals surface area contributed by atoms with Gasteiger partial charge in [-0.15, -0.1) is 0 Å². The minimum absolute atomic E-state index is 0.0808. The lowest BCUT2D eigenvalue weighted by Crippen LogP contribution is -2.35. The van der Waals surface area contributed by atoms with Crippen LogP contribution in [0.4, 0.5) is 5.82 Å². The van der Waals surface area contributed by atoms with E-state index in [4.69, 9.17) is 21.3 Å². The monoisotopic (exact) mass is 331 g/mol. The fourth-order valence-electron chi connectivity index (χ4n) is 2.98. The van der Waals surface area contributed by atoms with Crippen LogP contribution in [-0.4, -0.2) is 45.5 Å². The van der Waals surface area contributed by atoms with Gasteiger partial charge in [-0.05, 0) is 18.6 Å². The normalized spacial score (nSPS) is 19.2. The summed E-state index contributed by atoms with van der Waals surface area (Å²) in [5, 5.41) is 5.94. The van der Waals surface area contributed by atoms with Crippen molar-refractivity contribution in [3.63, 3.8) is 0 Å². The molecule has 0 spiro atoms. The predicted octanol–water partition coefficient (Wildman–Crippen LogP) is 2.71. The van der Waals surface area contributed by atoms with Crippen LogP contribution in [0.3, 0.4) is 0 Å². The van der Waals surface area contributed by atoms with Crippen LogP contribution in [0.25, 0.3) is 11.0 Å². The second-order valence-corrected chi connectivity index (χ2v) is 6.13. The number of ether oxygens (including phenoxy) is 1. The SMILES string of the molecule is Clc1cc(N2CCCO[C@H](Cn3cccn3)C2)nc2[nH]ccc12. The Labute approximate surface area is 139 Å². The quantitative estimate of drug-likeness (QED) is 0.801. The summed E-state index contributed by atoms with van der Waals surface area (Å²) in [5.74, 6) is 0.890. The highest BCUT2D eigenvalue weighted by Crippen LogP contribution is 2.27. The van der Waals surface area contributed by atoms with Crippen molar-refractivity contribution in [2.24, 2.45) is 0 Å². The predicted molar refractivity (Wildman–Crippen MR) is 89.9 cm³/mol. The van der Waals surface area contributed by atoms with E-state index >= 15 is 0 Å². The highest BCUT2D eigenvalue weighted by molar-refractivity contribution is 6.35. The van der Waals surface area contributed by atoms with Gasteiger partial charge in [0, 0.05) is 49.7 Å². The van der Waals surface area contributed by atoms with Gasteiger partial charge in [0.25, 0.3) is 0 Å². The van der Waals surface area contributed by atoms with E-state index in [0.29, 0.717) is 0 Å². The third-order valence-electron chi connectivity index (χ3n) is 4.09. The number of pyridine rings is 1. The molecular formula is C16H18ClN5O. The Bertz CT molecular complexity index is 785. The summed E-state index contributed by atoms with van der Waals surface area (Å²) in [5.41, 5.74) is 0.821. The van der Waals surface area contributed by atoms with Crippen LogP contribution in [0.15, 0.2) is 36.8 Å².